The fourth-order valence-electron chi connectivity index (χ4n) is 2.45. The number of carbonyl (C=O) groups excluding carboxylic acids is 1. The van der Waals surface area contributed by atoms with Gasteiger partial charge in [-0.1, -0.05) is 6.07 Å². The lowest BCUT2D eigenvalue weighted by molar-refractivity contribution is -0.124. The van der Waals surface area contributed by atoms with E-state index >= 15 is 0 Å². The molecule has 1 aromatic rings. The van der Waals surface area contributed by atoms with Crippen LogP contribution in [0.15, 0.2) is 24.5 Å². The van der Waals surface area contributed by atoms with Gasteiger partial charge >= 0.3 is 0 Å². The summed E-state index contributed by atoms with van der Waals surface area (Å²) in [6.07, 6.45) is 5.58. The zero-order chi connectivity index (χ0) is 14.2. The average Bonchev–Trinajstić information content (AvgIpc) is 2.90. The van der Waals surface area contributed by atoms with Gasteiger partial charge in [-0.05, 0) is 44.6 Å². The summed E-state index contributed by atoms with van der Waals surface area (Å²) in [6.45, 7) is 4.41. The van der Waals surface area contributed by atoms with Gasteiger partial charge in [0.1, 0.15) is 0 Å². The van der Waals surface area contributed by atoms with E-state index in [2.05, 4.69) is 33.6 Å². The lowest BCUT2D eigenvalue weighted by Gasteiger charge is -2.11. The van der Waals surface area contributed by atoms with E-state index in [1.54, 1.807) is 6.20 Å². The standard InChI is InChI=1S/C15H24N4O/c1-19-9-5-14(12-19)15(20)18-8-3-7-17-11-13-4-2-6-16-10-13/h2,4,6,10,14,17H,3,5,7-9,11-12H2,1H3,(H,18,20). The molecule has 1 unspecified atom stereocenters. The molecule has 0 bridgehead atoms. The quantitative estimate of drug-likeness (QED) is 0.717. The molecule has 2 N–H and O–H groups in total. The molecule has 1 aliphatic heterocycles. The third-order valence-electron chi connectivity index (χ3n) is 3.64. The maximum Gasteiger partial charge on any atom is 0.224 e. The Labute approximate surface area is 120 Å². The second-order valence-corrected chi connectivity index (χ2v) is 5.43. The summed E-state index contributed by atoms with van der Waals surface area (Å²) in [5.74, 6) is 0.393. The minimum absolute atomic E-state index is 0.184. The van der Waals surface area contributed by atoms with Crippen LogP contribution in [-0.4, -0.2) is 49.0 Å². The number of amides is 1. The third kappa shape index (κ3) is 4.90. The van der Waals surface area contributed by atoms with Crippen molar-refractivity contribution in [3.63, 3.8) is 0 Å². The van der Waals surface area contributed by atoms with E-state index in [0.717, 1.165) is 45.6 Å². The Morgan fingerprint density at radius 1 is 1.50 bits per heavy atom. The van der Waals surface area contributed by atoms with Gasteiger partial charge in [-0.3, -0.25) is 9.78 Å². The zero-order valence-electron chi connectivity index (χ0n) is 12.1. The highest BCUT2D eigenvalue weighted by Gasteiger charge is 2.25. The Morgan fingerprint density at radius 3 is 3.10 bits per heavy atom. The minimum atomic E-state index is 0.184. The molecule has 2 rings (SSSR count). The van der Waals surface area contributed by atoms with E-state index in [0.29, 0.717) is 0 Å². The summed E-state index contributed by atoms with van der Waals surface area (Å²) in [6, 6.07) is 3.99. The second-order valence-electron chi connectivity index (χ2n) is 5.43. The first-order chi connectivity index (χ1) is 9.75. The van der Waals surface area contributed by atoms with Crippen molar-refractivity contribution in [2.75, 3.05) is 33.2 Å². The van der Waals surface area contributed by atoms with Crippen LogP contribution in [0.3, 0.4) is 0 Å². The average molecular weight is 276 g/mol. The van der Waals surface area contributed by atoms with Crippen molar-refractivity contribution in [2.45, 2.75) is 19.4 Å². The van der Waals surface area contributed by atoms with Crippen LogP contribution in [0.5, 0.6) is 0 Å². The van der Waals surface area contributed by atoms with E-state index in [1.165, 1.54) is 5.56 Å². The van der Waals surface area contributed by atoms with Crippen LogP contribution < -0.4 is 10.6 Å². The highest BCUT2D eigenvalue weighted by molar-refractivity contribution is 5.79. The summed E-state index contributed by atoms with van der Waals surface area (Å²) < 4.78 is 0. The van der Waals surface area contributed by atoms with Crippen molar-refractivity contribution in [3.05, 3.63) is 30.1 Å². The molecule has 20 heavy (non-hydrogen) atoms. The van der Waals surface area contributed by atoms with Crippen LogP contribution in [0.4, 0.5) is 0 Å². The Hall–Kier alpha value is -1.46. The Bertz CT molecular complexity index is 410. The van der Waals surface area contributed by atoms with E-state index in [4.69, 9.17) is 0 Å². The summed E-state index contributed by atoms with van der Waals surface area (Å²) in [5.41, 5.74) is 1.19. The lowest BCUT2D eigenvalue weighted by atomic mass is 10.1. The molecule has 110 valence electrons. The first kappa shape index (κ1) is 14.9. The Kier molecular flexibility index (Phi) is 5.95. The Morgan fingerprint density at radius 2 is 2.40 bits per heavy atom. The number of hydrogen-bond acceptors (Lipinski definition) is 4. The van der Waals surface area contributed by atoms with Gasteiger partial charge in [0.25, 0.3) is 0 Å². The van der Waals surface area contributed by atoms with Crippen molar-refractivity contribution >= 4 is 5.91 Å². The molecule has 2 heterocycles. The number of aromatic nitrogens is 1. The molecule has 0 aliphatic carbocycles. The van der Waals surface area contributed by atoms with Crippen molar-refractivity contribution in [2.24, 2.45) is 5.92 Å². The van der Waals surface area contributed by atoms with Gasteiger partial charge in [0, 0.05) is 32.0 Å². The molecule has 1 aromatic heterocycles. The molecule has 1 atom stereocenters. The number of nitrogens with one attached hydrogen (secondary N) is 2. The van der Waals surface area contributed by atoms with Gasteiger partial charge in [-0.15, -0.1) is 0 Å². The maximum absolute atomic E-state index is 11.9. The zero-order valence-corrected chi connectivity index (χ0v) is 12.1. The van der Waals surface area contributed by atoms with Gasteiger partial charge in [-0.25, -0.2) is 0 Å². The van der Waals surface area contributed by atoms with Gasteiger partial charge in [-0.2, -0.15) is 0 Å². The van der Waals surface area contributed by atoms with Gasteiger partial charge in [0.2, 0.25) is 5.91 Å². The molecule has 5 heteroatoms. The first-order valence-electron chi connectivity index (χ1n) is 7.31. The topological polar surface area (TPSA) is 57.3 Å². The number of pyridine rings is 1. The number of likely N-dealkylation sites (tertiary alicyclic amines) is 1. The molecule has 1 saturated heterocycles. The highest BCUT2D eigenvalue weighted by Crippen LogP contribution is 2.13. The largest absolute Gasteiger partial charge is 0.356 e. The van der Waals surface area contributed by atoms with Crippen molar-refractivity contribution < 1.29 is 4.79 Å². The molecule has 0 aromatic carbocycles. The first-order valence-corrected chi connectivity index (χ1v) is 7.31. The fraction of sp³-hybridized carbons (Fsp3) is 0.600. The van der Waals surface area contributed by atoms with Crippen LogP contribution in [0, 0.1) is 5.92 Å². The van der Waals surface area contributed by atoms with E-state index in [1.807, 2.05) is 12.3 Å². The normalized spacial score (nSPS) is 19.1. The van der Waals surface area contributed by atoms with Crippen LogP contribution in [0.1, 0.15) is 18.4 Å². The minimum Gasteiger partial charge on any atom is -0.356 e. The monoisotopic (exact) mass is 276 g/mol. The molecule has 0 saturated carbocycles. The van der Waals surface area contributed by atoms with Crippen LogP contribution in [0.2, 0.25) is 0 Å². The predicted octanol–water partition coefficient (Wildman–Crippen LogP) is 0.629. The molecule has 0 spiro atoms. The number of nitrogens with zero attached hydrogens (tertiary/aromatic N) is 2. The van der Waals surface area contributed by atoms with E-state index in [9.17, 15) is 4.79 Å². The molecule has 1 aliphatic rings. The number of rotatable bonds is 7. The van der Waals surface area contributed by atoms with E-state index in [-0.39, 0.29) is 11.8 Å². The Balaban J connectivity index is 1.50. The van der Waals surface area contributed by atoms with Crippen LogP contribution in [0.25, 0.3) is 0 Å². The predicted molar refractivity (Wildman–Crippen MR) is 79.2 cm³/mol. The smallest absolute Gasteiger partial charge is 0.224 e. The van der Waals surface area contributed by atoms with Crippen LogP contribution in [-0.2, 0) is 11.3 Å². The third-order valence-corrected chi connectivity index (χ3v) is 3.64. The summed E-state index contributed by atoms with van der Waals surface area (Å²) in [7, 11) is 2.07. The van der Waals surface area contributed by atoms with Gasteiger partial charge < -0.3 is 15.5 Å². The highest BCUT2D eigenvalue weighted by atomic mass is 16.1. The number of hydrogen-bond donors (Lipinski definition) is 2. The van der Waals surface area contributed by atoms with Crippen molar-refractivity contribution in [3.8, 4) is 0 Å². The summed E-state index contributed by atoms with van der Waals surface area (Å²) in [5, 5.41) is 6.38. The second kappa shape index (κ2) is 7.97. The lowest BCUT2D eigenvalue weighted by Crippen LogP contribution is -2.33. The molecule has 5 nitrogen and oxygen atoms in total. The van der Waals surface area contributed by atoms with Gasteiger partial charge in [0.15, 0.2) is 0 Å². The SMILES string of the molecule is CN1CCC(C(=O)NCCCNCc2cccnc2)C1. The van der Waals surface area contributed by atoms with Crippen LogP contribution >= 0.6 is 0 Å². The van der Waals surface area contributed by atoms with E-state index < -0.39 is 0 Å². The summed E-state index contributed by atoms with van der Waals surface area (Å²) >= 11 is 0. The summed E-state index contributed by atoms with van der Waals surface area (Å²) in [4.78, 5) is 18.2. The molecular formula is C15H24N4O. The molecular weight excluding hydrogens is 252 g/mol. The maximum atomic E-state index is 11.9. The molecule has 1 amide bonds. The molecule has 1 fully saturated rings. The number of carbonyl (C=O) groups is 1. The molecule has 0 radical (unpaired) electrons. The fourth-order valence-corrected chi connectivity index (χ4v) is 2.45. The van der Waals surface area contributed by atoms with Crippen molar-refractivity contribution in [1.29, 1.82) is 0 Å². The van der Waals surface area contributed by atoms with Crippen molar-refractivity contribution in [1.82, 2.24) is 20.5 Å². The van der Waals surface area contributed by atoms with Gasteiger partial charge in [0.05, 0.1) is 5.92 Å².